The molecule has 2 saturated heterocycles. The van der Waals surface area contributed by atoms with Gasteiger partial charge in [0.2, 0.25) is 0 Å². The molecule has 28 heavy (non-hydrogen) atoms. The molecule has 2 aliphatic heterocycles. The van der Waals surface area contributed by atoms with Gasteiger partial charge in [0.15, 0.2) is 5.65 Å². The molecule has 2 unspecified atom stereocenters. The number of nitrogens with zero attached hydrogens (tertiary/aromatic N) is 4. The zero-order valence-corrected chi connectivity index (χ0v) is 15.4. The van der Waals surface area contributed by atoms with Crippen LogP contribution in [0.2, 0.25) is 0 Å². The molecular weight excluding hydrogens is 356 g/mol. The minimum Gasteiger partial charge on any atom is -0.445 e. The first-order valence-electron chi connectivity index (χ1n) is 9.64. The Balaban J connectivity index is 1.34. The van der Waals surface area contributed by atoms with Crippen LogP contribution in [-0.4, -0.2) is 42.8 Å². The van der Waals surface area contributed by atoms with E-state index < -0.39 is 5.60 Å². The zero-order valence-electron chi connectivity index (χ0n) is 15.4. The van der Waals surface area contributed by atoms with Gasteiger partial charge in [0, 0.05) is 42.9 Å². The second-order valence-corrected chi connectivity index (χ2v) is 7.72. The highest BCUT2D eigenvalue weighted by Gasteiger charge is 2.51. The van der Waals surface area contributed by atoms with Crippen molar-refractivity contribution in [3.63, 3.8) is 0 Å². The SMILES string of the molecule is O=C(OCc1ccccc1)N1C2CCC1CC(O)(c1cnn3cccnc13)C2. The van der Waals surface area contributed by atoms with Crippen LogP contribution in [0.1, 0.15) is 36.8 Å². The van der Waals surface area contributed by atoms with Crippen LogP contribution in [0.4, 0.5) is 4.79 Å². The topological polar surface area (TPSA) is 80.0 Å². The van der Waals surface area contributed by atoms with Gasteiger partial charge in [0.25, 0.3) is 0 Å². The first-order chi connectivity index (χ1) is 13.6. The van der Waals surface area contributed by atoms with E-state index in [0.29, 0.717) is 18.5 Å². The Morgan fingerprint density at radius 2 is 1.93 bits per heavy atom. The number of benzene rings is 1. The third-order valence-electron chi connectivity index (χ3n) is 5.96. The predicted molar refractivity (Wildman–Crippen MR) is 101 cm³/mol. The Bertz CT molecular complexity index is 989. The number of piperidine rings is 1. The van der Waals surface area contributed by atoms with E-state index in [0.717, 1.165) is 24.0 Å². The number of fused-ring (bicyclic) bond motifs is 3. The summed E-state index contributed by atoms with van der Waals surface area (Å²) in [5.41, 5.74) is 1.35. The molecule has 7 heteroatoms. The van der Waals surface area contributed by atoms with Crippen LogP contribution in [-0.2, 0) is 16.9 Å². The van der Waals surface area contributed by atoms with E-state index in [4.69, 9.17) is 4.74 Å². The second kappa shape index (κ2) is 6.60. The summed E-state index contributed by atoms with van der Waals surface area (Å²) in [4.78, 5) is 18.9. The maximum absolute atomic E-state index is 12.7. The molecule has 1 amide bonds. The summed E-state index contributed by atoms with van der Waals surface area (Å²) in [6.45, 7) is 0.262. The second-order valence-electron chi connectivity index (χ2n) is 7.72. The number of rotatable bonds is 3. The van der Waals surface area contributed by atoms with Gasteiger partial charge in [-0.1, -0.05) is 30.3 Å². The smallest absolute Gasteiger partial charge is 0.410 e. The Morgan fingerprint density at radius 1 is 1.18 bits per heavy atom. The number of carbonyl (C=O) groups excluding carboxylic acids is 1. The van der Waals surface area contributed by atoms with Crippen molar-refractivity contribution in [3.05, 3.63) is 66.1 Å². The van der Waals surface area contributed by atoms with Crippen molar-refractivity contribution in [2.75, 3.05) is 0 Å². The van der Waals surface area contributed by atoms with Crippen LogP contribution in [0, 0.1) is 0 Å². The molecule has 4 heterocycles. The summed E-state index contributed by atoms with van der Waals surface area (Å²) in [6.07, 6.45) is 7.63. The van der Waals surface area contributed by atoms with Gasteiger partial charge in [-0.05, 0) is 24.5 Å². The molecule has 1 N–H and O–H groups in total. The van der Waals surface area contributed by atoms with Gasteiger partial charge in [-0.3, -0.25) is 0 Å². The third kappa shape index (κ3) is 2.82. The fourth-order valence-corrected chi connectivity index (χ4v) is 4.69. The molecule has 7 nitrogen and oxygen atoms in total. The molecule has 0 saturated carbocycles. The molecule has 2 atom stereocenters. The highest BCUT2D eigenvalue weighted by atomic mass is 16.6. The number of aromatic nitrogens is 3. The zero-order chi connectivity index (χ0) is 19.1. The lowest BCUT2D eigenvalue weighted by atomic mass is 9.81. The summed E-state index contributed by atoms with van der Waals surface area (Å²) in [5, 5.41) is 15.8. The molecule has 2 fully saturated rings. The first-order valence-corrected chi connectivity index (χ1v) is 9.64. The van der Waals surface area contributed by atoms with Crippen molar-refractivity contribution in [2.24, 2.45) is 0 Å². The average molecular weight is 378 g/mol. The van der Waals surface area contributed by atoms with E-state index in [1.54, 1.807) is 16.9 Å². The van der Waals surface area contributed by atoms with Crippen molar-refractivity contribution < 1.29 is 14.6 Å². The van der Waals surface area contributed by atoms with Crippen LogP contribution in [0.25, 0.3) is 5.65 Å². The molecule has 144 valence electrons. The van der Waals surface area contributed by atoms with E-state index in [1.165, 1.54) is 0 Å². The average Bonchev–Trinajstić information content (AvgIpc) is 3.27. The summed E-state index contributed by atoms with van der Waals surface area (Å²) < 4.78 is 7.23. The minimum atomic E-state index is -1.03. The lowest BCUT2D eigenvalue weighted by Crippen LogP contribution is -2.52. The van der Waals surface area contributed by atoms with Gasteiger partial charge in [0.05, 0.1) is 11.8 Å². The van der Waals surface area contributed by atoms with Crippen LogP contribution < -0.4 is 0 Å². The fourth-order valence-electron chi connectivity index (χ4n) is 4.69. The van der Waals surface area contributed by atoms with Crippen LogP contribution in [0.5, 0.6) is 0 Å². The molecule has 0 radical (unpaired) electrons. The Hall–Kier alpha value is -2.93. The largest absolute Gasteiger partial charge is 0.445 e. The van der Waals surface area contributed by atoms with Gasteiger partial charge in [-0.25, -0.2) is 14.3 Å². The summed E-state index contributed by atoms with van der Waals surface area (Å²) in [6, 6.07) is 11.4. The summed E-state index contributed by atoms with van der Waals surface area (Å²) in [5.74, 6) is 0. The Morgan fingerprint density at radius 3 is 2.68 bits per heavy atom. The molecule has 3 aromatic rings. The van der Waals surface area contributed by atoms with E-state index in [9.17, 15) is 9.90 Å². The van der Waals surface area contributed by atoms with E-state index >= 15 is 0 Å². The number of carbonyl (C=O) groups is 1. The molecule has 2 aliphatic rings. The quantitative estimate of drug-likeness (QED) is 0.758. The Labute approximate surface area is 162 Å². The Kier molecular flexibility index (Phi) is 4.05. The molecule has 0 aliphatic carbocycles. The normalized spacial score (nSPS) is 26.5. The lowest BCUT2D eigenvalue weighted by Gasteiger charge is -2.42. The number of aliphatic hydroxyl groups is 1. The van der Waals surface area contributed by atoms with E-state index in [1.807, 2.05) is 47.5 Å². The third-order valence-corrected chi connectivity index (χ3v) is 5.96. The van der Waals surface area contributed by atoms with Crippen molar-refractivity contribution in [1.29, 1.82) is 0 Å². The number of hydrogen-bond acceptors (Lipinski definition) is 5. The predicted octanol–water partition coefficient (Wildman–Crippen LogP) is 2.88. The number of hydrogen-bond donors (Lipinski definition) is 1. The van der Waals surface area contributed by atoms with Gasteiger partial charge >= 0.3 is 6.09 Å². The number of ether oxygens (including phenoxy) is 1. The van der Waals surface area contributed by atoms with Gasteiger partial charge in [-0.15, -0.1) is 0 Å². The standard InChI is InChI=1S/C21H22N4O3/c26-20(28-14-15-5-2-1-3-6-15)25-16-7-8-17(25)12-21(27,11-16)18-13-23-24-10-4-9-22-19(18)24/h1-6,9-10,13,16-17,27H,7-8,11-12,14H2. The van der Waals surface area contributed by atoms with E-state index in [-0.39, 0.29) is 24.8 Å². The van der Waals surface area contributed by atoms with Crippen molar-refractivity contribution in [3.8, 4) is 0 Å². The first kappa shape index (κ1) is 17.2. The maximum atomic E-state index is 12.7. The molecule has 0 spiro atoms. The van der Waals surface area contributed by atoms with E-state index in [2.05, 4.69) is 10.1 Å². The van der Waals surface area contributed by atoms with Crippen molar-refractivity contribution >= 4 is 11.7 Å². The molecule has 5 rings (SSSR count). The summed E-state index contributed by atoms with van der Waals surface area (Å²) >= 11 is 0. The molecule has 2 aromatic heterocycles. The highest BCUT2D eigenvalue weighted by molar-refractivity contribution is 5.69. The van der Waals surface area contributed by atoms with Crippen LogP contribution in [0.15, 0.2) is 55.0 Å². The minimum absolute atomic E-state index is 0.0364. The van der Waals surface area contributed by atoms with Crippen LogP contribution >= 0.6 is 0 Å². The highest BCUT2D eigenvalue weighted by Crippen LogP contribution is 2.46. The number of amides is 1. The fraction of sp³-hybridized carbons (Fsp3) is 0.381. The molecule has 2 bridgehead atoms. The summed E-state index contributed by atoms with van der Waals surface area (Å²) in [7, 11) is 0. The molecular formula is C21H22N4O3. The molecule has 1 aromatic carbocycles. The van der Waals surface area contributed by atoms with Gasteiger partial charge < -0.3 is 14.7 Å². The van der Waals surface area contributed by atoms with Crippen molar-refractivity contribution in [2.45, 2.75) is 50.0 Å². The lowest BCUT2D eigenvalue weighted by molar-refractivity contribution is -0.0528. The van der Waals surface area contributed by atoms with Gasteiger partial charge in [-0.2, -0.15) is 5.10 Å². The monoisotopic (exact) mass is 378 g/mol. The van der Waals surface area contributed by atoms with Crippen LogP contribution in [0.3, 0.4) is 0 Å². The van der Waals surface area contributed by atoms with Gasteiger partial charge in [0.1, 0.15) is 6.61 Å². The maximum Gasteiger partial charge on any atom is 0.410 e. The van der Waals surface area contributed by atoms with Crippen molar-refractivity contribution in [1.82, 2.24) is 19.5 Å².